The number of benzene rings is 1. The Morgan fingerprint density at radius 3 is 2.43 bits per heavy atom. The normalized spacial score (nSPS) is 16.9. The van der Waals surface area contributed by atoms with Gasteiger partial charge in [0.15, 0.2) is 0 Å². The van der Waals surface area contributed by atoms with Crippen LogP contribution in [0.1, 0.15) is 31.4 Å². The fraction of sp³-hybridized carbons (Fsp3) is 0.389. The number of methoxy groups -OCH3 is 1. The van der Waals surface area contributed by atoms with Gasteiger partial charge < -0.3 is 4.74 Å². The van der Waals surface area contributed by atoms with E-state index in [1.165, 1.54) is 31.5 Å². The highest BCUT2D eigenvalue weighted by Gasteiger charge is 2.19. The van der Waals surface area contributed by atoms with Gasteiger partial charge in [0.2, 0.25) is 5.88 Å². The summed E-state index contributed by atoms with van der Waals surface area (Å²) in [6.45, 7) is 4.74. The van der Waals surface area contributed by atoms with E-state index in [4.69, 9.17) is 4.74 Å². The third-order valence-electron chi connectivity index (χ3n) is 4.31. The van der Waals surface area contributed by atoms with Crippen LogP contribution in [0, 0.1) is 0 Å². The lowest BCUT2D eigenvalue weighted by Gasteiger charge is -2.24. The Labute approximate surface area is 126 Å². The Hall–Kier alpha value is -1.87. The molecule has 1 atom stereocenters. The first kappa shape index (κ1) is 14.1. The predicted octanol–water partition coefficient (Wildman–Crippen LogP) is 3.91. The van der Waals surface area contributed by atoms with E-state index < -0.39 is 0 Å². The van der Waals surface area contributed by atoms with Gasteiger partial charge in [0, 0.05) is 17.7 Å². The van der Waals surface area contributed by atoms with Gasteiger partial charge in [-0.15, -0.1) is 0 Å². The van der Waals surface area contributed by atoms with E-state index in [2.05, 4.69) is 41.1 Å². The van der Waals surface area contributed by atoms with E-state index >= 15 is 0 Å². The fourth-order valence-electron chi connectivity index (χ4n) is 2.96. The molecule has 3 heteroatoms. The first-order valence-electron chi connectivity index (χ1n) is 7.63. The Bertz CT molecular complexity index is 588. The van der Waals surface area contributed by atoms with Crippen molar-refractivity contribution >= 4 is 0 Å². The topological polar surface area (TPSA) is 25.4 Å². The summed E-state index contributed by atoms with van der Waals surface area (Å²) in [4.78, 5) is 7.04. The SMILES string of the molecule is COc1cccc(-c2ccc(C(C)N3CCCC3)cc2)n1. The minimum Gasteiger partial charge on any atom is -0.481 e. The van der Waals surface area contributed by atoms with Crippen molar-refractivity contribution in [3.8, 4) is 17.1 Å². The number of hydrogen-bond donors (Lipinski definition) is 0. The lowest BCUT2D eigenvalue weighted by Crippen LogP contribution is -2.23. The van der Waals surface area contributed by atoms with E-state index in [-0.39, 0.29) is 0 Å². The molecule has 0 bridgehead atoms. The van der Waals surface area contributed by atoms with Crippen molar-refractivity contribution in [2.24, 2.45) is 0 Å². The third kappa shape index (κ3) is 3.08. The number of likely N-dealkylation sites (tertiary alicyclic amines) is 1. The van der Waals surface area contributed by atoms with Crippen LogP contribution < -0.4 is 4.74 Å². The second-order valence-electron chi connectivity index (χ2n) is 5.61. The smallest absolute Gasteiger partial charge is 0.213 e. The largest absolute Gasteiger partial charge is 0.481 e. The Kier molecular flexibility index (Phi) is 4.20. The van der Waals surface area contributed by atoms with E-state index in [0.29, 0.717) is 11.9 Å². The summed E-state index contributed by atoms with van der Waals surface area (Å²) in [7, 11) is 1.65. The fourth-order valence-corrected chi connectivity index (χ4v) is 2.96. The molecular weight excluding hydrogens is 260 g/mol. The molecule has 0 amide bonds. The zero-order valence-corrected chi connectivity index (χ0v) is 12.7. The zero-order chi connectivity index (χ0) is 14.7. The number of nitrogens with zero attached hydrogens (tertiary/aromatic N) is 2. The summed E-state index contributed by atoms with van der Waals surface area (Å²) in [6, 6.07) is 15.1. The molecule has 2 aromatic rings. The van der Waals surface area contributed by atoms with Crippen molar-refractivity contribution < 1.29 is 4.74 Å². The van der Waals surface area contributed by atoms with Gasteiger partial charge >= 0.3 is 0 Å². The highest BCUT2D eigenvalue weighted by Crippen LogP contribution is 2.27. The molecule has 1 aliphatic rings. The van der Waals surface area contributed by atoms with Crippen molar-refractivity contribution in [3.05, 3.63) is 48.0 Å². The summed E-state index contributed by atoms with van der Waals surface area (Å²) in [5.74, 6) is 0.655. The van der Waals surface area contributed by atoms with Gasteiger partial charge in [0.05, 0.1) is 12.8 Å². The highest BCUT2D eigenvalue weighted by atomic mass is 16.5. The van der Waals surface area contributed by atoms with Crippen molar-refractivity contribution in [1.82, 2.24) is 9.88 Å². The minimum absolute atomic E-state index is 0.500. The standard InChI is InChI=1S/C18H22N2O/c1-14(20-12-3-4-13-20)15-8-10-16(11-9-15)17-6-5-7-18(19-17)21-2/h5-11,14H,3-4,12-13H2,1-2H3. The molecule has 0 spiro atoms. The van der Waals surface area contributed by atoms with Crippen LogP contribution in [-0.2, 0) is 0 Å². The van der Waals surface area contributed by atoms with Crippen molar-refractivity contribution in [1.29, 1.82) is 0 Å². The number of hydrogen-bond acceptors (Lipinski definition) is 3. The van der Waals surface area contributed by atoms with Crippen LogP contribution in [0.2, 0.25) is 0 Å². The monoisotopic (exact) mass is 282 g/mol. The molecule has 0 saturated carbocycles. The first-order chi connectivity index (χ1) is 10.3. The molecule has 1 fully saturated rings. The van der Waals surface area contributed by atoms with Crippen LogP contribution in [0.4, 0.5) is 0 Å². The molecule has 1 aromatic carbocycles. The van der Waals surface area contributed by atoms with Crippen LogP contribution in [-0.4, -0.2) is 30.1 Å². The minimum atomic E-state index is 0.500. The van der Waals surface area contributed by atoms with Crippen molar-refractivity contribution in [2.75, 3.05) is 20.2 Å². The quantitative estimate of drug-likeness (QED) is 0.850. The first-order valence-corrected chi connectivity index (χ1v) is 7.63. The van der Waals surface area contributed by atoms with Gasteiger partial charge in [0.25, 0.3) is 0 Å². The third-order valence-corrected chi connectivity index (χ3v) is 4.31. The zero-order valence-electron chi connectivity index (χ0n) is 12.7. The molecule has 0 aliphatic carbocycles. The van der Waals surface area contributed by atoms with E-state index in [0.717, 1.165) is 11.3 Å². The lowest BCUT2D eigenvalue weighted by molar-refractivity contribution is 0.263. The van der Waals surface area contributed by atoms with E-state index in [1.54, 1.807) is 7.11 Å². The molecule has 1 saturated heterocycles. The van der Waals surface area contributed by atoms with Gasteiger partial charge in [-0.25, -0.2) is 4.98 Å². The molecular formula is C18H22N2O. The maximum atomic E-state index is 5.19. The lowest BCUT2D eigenvalue weighted by atomic mass is 10.0. The van der Waals surface area contributed by atoms with Crippen LogP contribution in [0.15, 0.2) is 42.5 Å². The average molecular weight is 282 g/mol. The second-order valence-corrected chi connectivity index (χ2v) is 5.61. The molecule has 3 nitrogen and oxygen atoms in total. The van der Waals surface area contributed by atoms with Gasteiger partial charge in [0.1, 0.15) is 0 Å². The van der Waals surface area contributed by atoms with Crippen LogP contribution in [0.25, 0.3) is 11.3 Å². The van der Waals surface area contributed by atoms with E-state index in [1.807, 2.05) is 18.2 Å². The van der Waals surface area contributed by atoms with Crippen LogP contribution in [0.3, 0.4) is 0 Å². The Morgan fingerprint density at radius 1 is 1.05 bits per heavy atom. The molecule has 2 heterocycles. The van der Waals surface area contributed by atoms with Crippen molar-refractivity contribution in [3.63, 3.8) is 0 Å². The van der Waals surface area contributed by atoms with Crippen LogP contribution in [0.5, 0.6) is 5.88 Å². The number of pyridine rings is 1. The molecule has 1 aromatic heterocycles. The number of ether oxygens (including phenoxy) is 1. The average Bonchev–Trinajstić information content (AvgIpc) is 3.09. The highest BCUT2D eigenvalue weighted by molar-refractivity contribution is 5.60. The summed E-state index contributed by atoms with van der Waals surface area (Å²) in [6.07, 6.45) is 2.66. The summed E-state index contributed by atoms with van der Waals surface area (Å²) >= 11 is 0. The predicted molar refractivity (Wildman–Crippen MR) is 85.4 cm³/mol. The van der Waals surface area contributed by atoms with Gasteiger partial charge in [-0.3, -0.25) is 4.90 Å². The summed E-state index contributed by atoms with van der Waals surface area (Å²) in [5.41, 5.74) is 3.46. The Morgan fingerprint density at radius 2 is 1.76 bits per heavy atom. The van der Waals surface area contributed by atoms with Crippen molar-refractivity contribution in [2.45, 2.75) is 25.8 Å². The molecule has 0 radical (unpaired) electrons. The molecule has 1 aliphatic heterocycles. The van der Waals surface area contributed by atoms with Gasteiger partial charge in [-0.2, -0.15) is 0 Å². The summed E-state index contributed by atoms with van der Waals surface area (Å²) < 4.78 is 5.19. The van der Waals surface area contributed by atoms with E-state index in [9.17, 15) is 0 Å². The molecule has 110 valence electrons. The molecule has 0 N–H and O–H groups in total. The Balaban J connectivity index is 1.79. The number of rotatable bonds is 4. The second kappa shape index (κ2) is 6.27. The molecule has 21 heavy (non-hydrogen) atoms. The van der Waals surface area contributed by atoms with Crippen LogP contribution >= 0.6 is 0 Å². The number of aromatic nitrogens is 1. The maximum Gasteiger partial charge on any atom is 0.213 e. The summed E-state index contributed by atoms with van der Waals surface area (Å²) in [5, 5.41) is 0. The molecule has 3 rings (SSSR count). The van der Waals surface area contributed by atoms with Gasteiger partial charge in [-0.05, 0) is 44.5 Å². The maximum absolute atomic E-state index is 5.19. The van der Waals surface area contributed by atoms with Gasteiger partial charge in [-0.1, -0.05) is 30.3 Å². The molecule has 1 unspecified atom stereocenters.